The molecule has 0 spiro atoms. The fourth-order valence-electron chi connectivity index (χ4n) is 3.86. The molecule has 1 aliphatic heterocycles. The molecule has 1 unspecified atom stereocenters. The van der Waals surface area contributed by atoms with Gasteiger partial charge in [-0.2, -0.15) is 0 Å². The maximum atomic E-state index is 11.7. The Bertz CT molecular complexity index is 1050. The first-order valence-corrected chi connectivity index (χ1v) is 10.7. The van der Waals surface area contributed by atoms with E-state index in [4.69, 9.17) is 14.9 Å². The van der Waals surface area contributed by atoms with E-state index < -0.39 is 9.84 Å². The maximum Gasteiger partial charge on any atom is 0.188 e. The molecule has 0 amide bonds. The number of rotatable bonds is 3. The van der Waals surface area contributed by atoms with Crippen LogP contribution in [0.4, 0.5) is 0 Å². The molecule has 0 fully saturated rings. The van der Waals surface area contributed by atoms with Crippen LogP contribution in [0.2, 0.25) is 0 Å². The van der Waals surface area contributed by atoms with Crippen LogP contribution in [0.1, 0.15) is 35.4 Å². The second-order valence-corrected chi connectivity index (χ2v) is 9.02. The molecule has 140 valence electrons. The Labute approximate surface area is 159 Å². The van der Waals surface area contributed by atoms with Crippen molar-refractivity contribution < 1.29 is 17.9 Å². The smallest absolute Gasteiger partial charge is 0.188 e. The standard InChI is InChI=1S/C21H21NO4S/c1-25-15-7-3-14-6-10-17-18(12-20(22)26-21(17)19(14)11-15)13-4-8-16(9-5-13)27(2,23)24/h3-5,7-9,11,18,22H,6,10,12H2,1-2H3. The van der Waals surface area contributed by atoms with Gasteiger partial charge in [-0.15, -0.1) is 0 Å². The van der Waals surface area contributed by atoms with Gasteiger partial charge >= 0.3 is 0 Å². The quantitative estimate of drug-likeness (QED) is 0.871. The largest absolute Gasteiger partial charge is 0.497 e. The first-order valence-electron chi connectivity index (χ1n) is 8.82. The highest BCUT2D eigenvalue weighted by Gasteiger charge is 2.33. The maximum absolute atomic E-state index is 11.7. The highest BCUT2D eigenvalue weighted by atomic mass is 32.2. The number of allylic oxidation sites excluding steroid dienone is 1. The highest BCUT2D eigenvalue weighted by Crippen LogP contribution is 2.45. The Balaban J connectivity index is 1.79. The van der Waals surface area contributed by atoms with Gasteiger partial charge in [-0.05, 0) is 53.8 Å². The third kappa shape index (κ3) is 3.25. The third-order valence-electron chi connectivity index (χ3n) is 5.26. The Morgan fingerprint density at radius 3 is 2.52 bits per heavy atom. The summed E-state index contributed by atoms with van der Waals surface area (Å²) in [5, 5.41) is 8.19. The number of methoxy groups -OCH3 is 1. The molecule has 1 N–H and O–H groups in total. The average Bonchev–Trinajstić information content (AvgIpc) is 2.66. The SMILES string of the molecule is COc1ccc2c(c1)C1=C(CC2)C(c2ccc(S(C)(=O)=O)cc2)CC(=N)O1. The number of aryl methyl sites for hydroxylation is 1. The van der Waals surface area contributed by atoms with Gasteiger partial charge in [0.15, 0.2) is 15.7 Å². The van der Waals surface area contributed by atoms with Gasteiger partial charge in [0.1, 0.15) is 11.5 Å². The van der Waals surface area contributed by atoms with Crippen LogP contribution < -0.4 is 4.74 Å². The third-order valence-corrected chi connectivity index (χ3v) is 6.39. The second-order valence-electron chi connectivity index (χ2n) is 7.00. The fourth-order valence-corrected chi connectivity index (χ4v) is 4.49. The summed E-state index contributed by atoms with van der Waals surface area (Å²) in [5.41, 5.74) is 4.35. The number of nitrogens with one attached hydrogen (secondary N) is 1. The molecule has 2 aromatic rings. The summed E-state index contributed by atoms with van der Waals surface area (Å²) < 4.78 is 34.7. The zero-order valence-corrected chi connectivity index (χ0v) is 16.1. The van der Waals surface area contributed by atoms with Crippen LogP contribution in [0.15, 0.2) is 52.9 Å². The highest BCUT2D eigenvalue weighted by molar-refractivity contribution is 7.90. The lowest BCUT2D eigenvalue weighted by Gasteiger charge is -2.33. The molecule has 27 heavy (non-hydrogen) atoms. The van der Waals surface area contributed by atoms with Gasteiger partial charge in [0.25, 0.3) is 0 Å². The predicted octanol–water partition coefficient (Wildman–Crippen LogP) is 3.94. The van der Waals surface area contributed by atoms with Crippen molar-refractivity contribution in [1.82, 2.24) is 0 Å². The van der Waals surface area contributed by atoms with Gasteiger partial charge in [-0.3, -0.25) is 5.41 Å². The van der Waals surface area contributed by atoms with E-state index in [1.165, 1.54) is 17.4 Å². The zero-order chi connectivity index (χ0) is 19.2. The number of ether oxygens (including phenoxy) is 2. The van der Waals surface area contributed by atoms with Crippen LogP contribution in [0, 0.1) is 5.41 Å². The molecule has 1 heterocycles. The minimum Gasteiger partial charge on any atom is -0.497 e. The molecule has 5 nitrogen and oxygen atoms in total. The van der Waals surface area contributed by atoms with E-state index >= 15 is 0 Å². The van der Waals surface area contributed by atoms with Crippen molar-refractivity contribution >= 4 is 21.5 Å². The van der Waals surface area contributed by atoms with Gasteiger partial charge in [-0.25, -0.2) is 8.42 Å². The van der Waals surface area contributed by atoms with Crippen molar-refractivity contribution in [1.29, 1.82) is 5.41 Å². The molecule has 0 saturated heterocycles. The van der Waals surface area contributed by atoms with Gasteiger partial charge in [0.2, 0.25) is 0 Å². The van der Waals surface area contributed by atoms with Gasteiger partial charge < -0.3 is 9.47 Å². The van der Waals surface area contributed by atoms with Crippen LogP contribution >= 0.6 is 0 Å². The molecule has 1 aliphatic carbocycles. The Morgan fingerprint density at radius 1 is 1.11 bits per heavy atom. The molecule has 0 radical (unpaired) electrons. The van der Waals surface area contributed by atoms with E-state index in [0.717, 1.165) is 35.5 Å². The number of fused-ring (bicyclic) bond motifs is 2. The van der Waals surface area contributed by atoms with Crippen molar-refractivity contribution in [3.8, 4) is 5.75 Å². The molecule has 0 bridgehead atoms. The summed E-state index contributed by atoms with van der Waals surface area (Å²) >= 11 is 0. The number of hydrogen-bond donors (Lipinski definition) is 1. The summed E-state index contributed by atoms with van der Waals surface area (Å²) in [6, 6.07) is 13.0. The number of hydrogen-bond acceptors (Lipinski definition) is 5. The molecular formula is C21H21NO4S. The van der Waals surface area contributed by atoms with E-state index in [0.29, 0.717) is 11.3 Å². The van der Waals surface area contributed by atoms with Crippen molar-refractivity contribution in [3.05, 3.63) is 64.7 Å². The van der Waals surface area contributed by atoms with Crippen LogP contribution in [-0.2, 0) is 21.0 Å². The summed E-state index contributed by atoms with van der Waals surface area (Å²) in [6.07, 6.45) is 3.46. The molecule has 2 aromatic carbocycles. The minimum atomic E-state index is -3.22. The van der Waals surface area contributed by atoms with Crippen LogP contribution in [0.25, 0.3) is 5.76 Å². The van der Waals surface area contributed by atoms with Gasteiger partial charge in [0.05, 0.1) is 12.0 Å². The molecule has 1 atom stereocenters. The Kier molecular flexibility index (Phi) is 4.30. The summed E-state index contributed by atoms with van der Waals surface area (Å²) in [7, 11) is -1.59. The van der Waals surface area contributed by atoms with E-state index in [9.17, 15) is 8.42 Å². The van der Waals surface area contributed by atoms with E-state index in [1.54, 1.807) is 19.2 Å². The van der Waals surface area contributed by atoms with Crippen molar-refractivity contribution in [2.45, 2.75) is 30.1 Å². The van der Waals surface area contributed by atoms with Crippen molar-refractivity contribution in [3.63, 3.8) is 0 Å². The lowest BCUT2D eigenvalue weighted by atomic mass is 9.78. The van der Waals surface area contributed by atoms with Crippen molar-refractivity contribution in [2.24, 2.45) is 0 Å². The number of sulfone groups is 1. The molecule has 4 rings (SSSR count). The normalized spacial score (nSPS) is 19.2. The van der Waals surface area contributed by atoms with E-state index in [-0.39, 0.29) is 11.8 Å². The molecule has 0 aromatic heterocycles. The lowest BCUT2D eigenvalue weighted by Crippen LogP contribution is -2.23. The lowest BCUT2D eigenvalue weighted by molar-refractivity contribution is 0.411. The molecule has 2 aliphatic rings. The summed E-state index contributed by atoms with van der Waals surface area (Å²) in [4.78, 5) is 0.307. The Morgan fingerprint density at radius 2 is 1.85 bits per heavy atom. The van der Waals surface area contributed by atoms with Crippen LogP contribution in [-0.4, -0.2) is 27.7 Å². The van der Waals surface area contributed by atoms with Gasteiger partial charge in [-0.1, -0.05) is 18.2 Å². The first kappa shape index (κ1) is 17.8. The summed E-state index contributed by atoms with van der Waals surface area (Å²) in [5.74, 6) is 1.76. The Hall–Kier alpha value is -2.60. The first-order chi connectivity index (χ1) is 12.9. The average molecular weight is 383 g/mol. The summed E-state index contributed by atoms with van der Waals surface area (Å²) in [6.45, 7) is 0. The van der Waals surface area contributed by atoms with Gasteiger partial charge in [0, 0.05) is 24.2 Å². The fraction of sp³-hybridized carbons (Fsp3) is 0.286. The molecular weight excluding hydrogens is 362 g/mol. The molecule has 0 saturated carbocycles. The minimum absolute atomic E-state index is 0.0224. The number of benzene rings is 2. The van der Waals surface area contributed by atoms with Crippen LogP contribution in [0.3, 0.4) is 0 Å². The van der Waals surface area contributed by atoms with Crippen LogP contribution in [0.5, 0.6) is 5.75 Å². The molecule has 6 heteroatoms. The van der Waals surface area contributed by atoms with E-state index in [1.807, 2.05) is 24.3 Å². The predicted molar refractivity (Wildman–Crippen MR) is 104 cm³/mol. The second kappa shape index (κ2) is 6.53. The van der Waals surface area contributed by atoms with Crippen molar-refractivity contribution in [2.75, 3.05) is 13.4 Å². The monoisotopic (exact) mass is 383 g/mol. The zero-order valence-electron chi connectivity index (χ0n) is 15.3. The topological polar surface area (TPSA) is 76.5 Å². The van der Waals surface area contributed by atoms with E-state index in [2.05, 4.69) is 6.07 Å².